The van der Waals surface area contributed by atoms with Crippen LogP contribution in [0.5, 0.6) is 0 Å². The van der Waals surface area contributed by atoms with Gasteiger partial charge in [0.25, 0.3) is 0 Å². The first-order chi connectivity index (χ1) is 7.08. The molecule has 0 aliphatic heterocycles. The minimum atomic E-state index is 0.234. The topological polar surface area (TPSA) is 37.0 Å². The van der Waals surface area contributed by atoms with Gasteiger partial charge >= 0.3 is 0 Å². The summed E-state index contributed by atoms with van der Waals surface area (Å²) in [6.45, 7) is 9.65. The highest BCUT2D eigenvalue weighted by molar-refractivity contribution is 7.09. The standard InChI is InChI=1S/C11H21N3S/c1-11(2,3)14-6-4-5-12-7-10-8-13-9-15-10/h8-9,12,14H,4-7H2,1-3H3. The second-order valence-electron chi connectivity index (χ2n) is 4.67. The summed E-state index contributed by atoms with van der Waals surface area (Å²) in [5.74, 6) is 0. The monoisotopic (exact) mass is 227 g/mol. The Bertz CT molecular complexity index is 251. The van der Waals surface area contributed by atoms with Gasteiger partial charge in [0.05, 0.1) is 5.51 Å². The SMILES string of the molecule is CC(C)(C)NCCCNCc1cncs1. The van der Waals surface area contributed by atoms with Gasteiger partial charge in [0, 0.05) is 23.2 Å². The van der Waals surface area contributed by atoms with E-state index in [-0.39, 0.29) is 5.54 Å². The second-order valence-corrected chi connectivity index (χ2v) is 5.65. The number of nitrogens with zero attached hydrogens (tertiary/aromatic N) is 1. The third-order valence-corrected chi connectivity index (χ3v) is 2.75. The van der Waals surface area contributed by atoms with Crippen molar-refractivity contribution in [2.45, 2.75) is 39.3 Å². The first kappa shape index (κ1) is 12.6. The molecule has 0 atom stereocenters. The fourth-order valence-electron chi connectivity index (χ4n) is 1.22. The Kier molecular flexibility index (Phi) is 5.22. The van der Waals surface area contributed by atoms with E-state index in [1.807, 2.05) is 11.7 Å². The van der Waals surface area contributed by atoms with Gasteiger partial charge in [-0.15, -0.1) is 11.3 Å². The van der Waals surface area contributed by atoms with Gasteiger partial charge in [0.15, 0.2) is 0 Å². The molecule has 0 amide bonds. The highest BCUT2D eigenvalue weighted by Crippen LogP contribution is 2.03. The van der Waals surface area contributed by atoms with Crippen LogP contribution in [0.1, 0.15) is 32.1 Å². The third-order valence-electron chi connectivity index (χ3n) is 1.97. The van der Waals surface area contributed by atoms with Gasteiger partial charge in [-0.05, 0) is 40.3 Å². The molecular weight excluding hydrogens is 206 g/mol. The summed E-state index contributed by atoms with van der Waals surface area (Å²) in [7, 11) is 0. The van der Waals surface area contributed by atoms with Crippen LogP contribution in [-0.4, -0.2) is 23.6 Å². The van der Waals surface area contributed by atoms with Crippen molar-refractivity contribution in [2.24, 2.45) is 0 Å². The molecule has 15 heavy (non-hydrogen) atoms. The van der Waals surface area contributed by atoms with Gasteiger partial charge in [0.1, 0.15) is 0 Å². The number of hydrogen-bond donors (Lipinski definition) is 2. The van der Waals surface area contributed by atoms with Crippen LogP contribution in [0.25, 0.3) is 0 Å². The van der Waals surface area contributed by atoms with Crippen LogP contribution in [0.15, 0.2) is 11.7 Å². The van der Waals surface area contributed by atoms with Crippen LogP contribution in [0, 0.1) is 0 Å². The van der Waals surface area contributed by atoms with E-state index in [0.717, 1.165) is 26.1 Å². The molecular formula is C11H21N3S. The van der Waals surface area contributed by atoms with E-state index in [0.29, 0.717) is 0 Å². The second kappa shape index (κ2) is 6.20. The molecule has 0 saturated heterocycles. The van der Waals surface area contributed by atoms with Crippen LogP contribution in [0.4, 0.5) is 0 Å². The molecule has 1 aromatic heterocycles. The van der Waals surface area contributed by atoms with Gasteiger partial charge in [-0.25, -0.2) is 0 Å². The van der Waals surface area contributed by atoms with E-state index in [2.05, 4.69) is 36.4 Å². The van der Waals surface area contributed by atoms with Crippen LogP contribution in [0.3, 0.4) is 0 Å². The quantitative estimate of drug-likeness (QED) is 0.730. The van der Waals surface area contributed by atoms with Crippen molar-refractivity contribution in [1.29, 1.82) is 0 Å². The lowest BCUT2D eigenvalue weighted by atomic mass is 10.1. The summed E-state index contributed by atoms with van der Waals surface area (Å²) < 4.78 is 0. The highest BCUT2D eigenvalue weighted by atomic mass is 32.1. The number of aromatic nitrogens is 1. The minimum Gasteiger partial charge on any atom is -0.312 e. The van der Waals surface area contributed by atoms with Crippen LogP contribution < -0.4 is 10.6 Å². The third kappa shape index (κ3) is 6.60. The zero-order valence-corrected chi connectivity index (χ0v) is 10.7. The molecule has 4 heteroatoms. The fraction of sp³-hybridized carbons (Fsp3) is 0.727. The van der Waals surface area contributed by atoms with E-state index < -0.39 is 0 Å². The summed E-state index contributed by atoms with van der Waals surface area (Å²) >= 11 is 1.70. The van der Waals surface area contributed by atoms with Crippen molar-refractivity contribution in [3.05, 3.63) is 16.6 Å². The van der Waals surface area contributed by atoms with Crippen molar-refractivity contribution >= 4 is 11.3 Å². The molecule has 0 aliphatic carbocycles. The van der Waals surface area contributed by atoms with Crippen LogP contribution in [-0.2, 0) is 6.54 Å². The molecule has 0 unspecified atom stereocenters. The molecule has 0 saturated carbocycles. The lowest BCUT2D eigenvalue weighted by molar-refractivity contribution is 0.418. The molecule has 0 fully saturated rings. The van der Waals surface area contributed by atoms with Gasteiger partial charge in [-0.1, -0.05) is 0 Å². The molecule has 3 nitrogen and oxygen atoms in total. The summed E-state index contributed by atoms with van der Waals surface area (Å²) in [5.41, 5.74) is 2.11. The smallest absolute Gasteiger partial charge is 0.0794 e. The Labute approximate surface area is 96.3 Å². The molecule has 0 aliphatic rings. The summed E-state index contributed by atoms with van der Waals surface area (Å²) in [6, 6.07) is 0. The lowest BCUT2D eigenvalue weighted by Gasteiger charge is -2.20. The molecule has 1 rings (SSSR count). The zero-order chi connectivity index (χ0) is 11.1. The maximum Gasteiger partial charge on any atom is 0.0794 e. The zero-order valence-electron chi connectivity index (χ0n) is 9.84. The number of nitrogens with one attached hydrogen (secondary N) is 2. The van der Waals surface area contributed by atoms with Crippen molar-refractivity contribution in [2.75, 3.05) is 13.1 Å². The summed E-state index contributed by atoms with van der Waals surface area (Å²) in [4.78, 5) is 5.34. The Morgan fingerprint density at radius 2 is 2.13 bits per heavy atom. The van der Waals surface area contributed by atoms with Crippen LogP contribution >= 0.6 is 11.3 Å². The van der Waals surface area contributed by atoms with Crippen molar-refractivity contribution < 1.29 is 0 Å². The average molecular weight is 227 g/mol. The predicted molar refractivity (Wildman–Crippen MR) is 66.2 cm³/mol. The molecule has 1 aromatic rings. The lowest BCUT2D eigenvalue weighted by Crippen LogP contribution is -2.37. The van der Waals surface area contributed by atoms with Crippen LogP contribution in [0.2, 0.25) is 0 Å². The maximum atomic E-state index is 4.04. The Morgan fingerprint density at radius 3 is 2.73 bits per heavy atom. The molecule has 0 radical (unpaired) electrons. The Balaban J connectivity index is 1.94. The van der Waals surface area contributed by atoms with Crippen molar-refractivity contribution in [3.8, 4) is 0 Å². The van der Waals surface area contributed by atoms with Gasteiger partial charge in [-0.3, -0.25) is 4.98 Å². The number of hydrogen-bond acceptors (Lipinski definition) is 4. The largest absolute Gasteiger partial charge is 0.312 e. The maximum absolute atomic E-state index is 4.04. The van der Waals surface area contributed by atoms with E-state index >= 15 is 0 Å². The fourth-order valence-corrected chi connectivity index (χ4v) is 1.78. The van der Waals surface area contributed by atoms with Gasteiger partial charge in [0.2, 0.25) is 0 Å². The summed E-state index contributed by atoms with van der Waals surface area (Å²) in [6.07, 6.45) is 3.08. The normalized spacial score (nSPS) is 11.9. The molecule has 0 spiro atoms. The van der Waals surface area contributed by atoms with Gasteiger partial charge in [-0.2, -0.15) is 0 Å². The number of thiazole rings is 1. The van der Waals surface area contributed by atoms with E-state index in [4.69, 9.17) is 0 Å². The molecule has 1 heterocycles. The predicted octanol–water partition coefficient (Wildman–Crippen LogP) is 2.01. The van der Waals surface area contributed by atoms with Crippen molar-refractivity contribution in [3.63, 3.8) is 0 Å². The van der Waals surface area contributed by atoms with E-state index in [1.54, 1.807) is 11.3 Å². The first-order valence-electron chi connectivity index (χ1n) is 5.41. The molecule has 0 bridgehead atoms. The Morgan fingerprint density at radius 1 is 1.33 bits per heavy atom. The molecule has 2 N–H and O–H groups in total. The minimum absolute atomic E-state index is 0.234. The van der Waals surface area contributed by atoms with E-state index in [9.17, 15) is 0 Å². The highest BCUT2D eigenvalue weighted by Gasteiger charge is 2.06. The summed E-state index contributed by atoms with van der Waals surface area (Å²) in [5, 5.41) is 6.87. The number of rotatable bonds is 6. The molecule has 86 valence electrons. The van der Waals surface area contributed by atoms with Crippen molar-refractivity contribution in [1.82, 2.24) is 15.6 Å². The van der Waals surface area contributed by atoms with Gasteiger partial charge < -0.3 is 10.6 Å². The van der Waals surface area contributed by atoms with E-state index in [1.165, 1.54) is 4.88 Å². The molecule has 0 aromatic carbocycles. The Hall–Kier alpha value is -0.450. The first-order valence-corrected chi connectivity index (χ1v) is 6.29. The average Bonchev–Trinajstić information content (AvgIpc) is 2.61.